The van der Waals surface area contributed by atoms with Crippen molar-refractivity contribution in [1.29, 1.82) is 0 Å². The Labute approximate surface area is 180 Å². The van der Waals surface area contributed by atoms with Crippen molar-refractivity contribution < 1.29 is 9.53 Å². The quantitative estimate of drug-likeness (QED) is 0.411. The van der Waals surface area contributed by atoms with Crippen LogP contribution in [0.5, 0.6) is 0 Å². The summed E-state index contributed by atoms with van der Waals surface area (Å²) in [6.45, 7) is 3.44. The highest BCUT2D eigenvalue weighted by atomic mass is 32.1. The van der Waals surface area contributed by atoms with E-state index >= 15 is 0 Å². The molecule has 5 rings (SSSR count). The zero-order valence-electron chi connectivity index (χ0n) is 17.0. The van der Waals surface area contributed by atoms with Crippen LogP contribution in [-0.4, -0.2) is 30.1 Å². The molecule has 4 aromatic rings. The number of hydrogen-bond donors (Lipinski definition) is 0. The molecule has 0 N–H and O–H groups in total. The lowest BCUT2D eigenvalue weighted by atomic mass is 10.1. The first-order chi connectivity index (χ1) is 14.7. The largest absolute Gasteiger partial charge is 0.376 e. The molecule has 1 amide bonds. The molecule has 1 saturated heterocycles. The van der Waals surface area contributed by atoms with Crippen LogP contribution < -0.4 is 4.90 Å². The van der Waals surface area contributed by atoms with Crippen molar-refractivity contribution in [3.8, 4) is 0 Å². The van der Waals surface area contributed by atoms with E-state index < -0.39 is 0 Å². The molecule has 1 unspecified atom stereocenters. The summed E-state index contributed by atoms with van der Waals surface area (Å²) < 4.78 is 6.98. The first kappa shape index (κ1) is 19.2. The van der Waals surface area contributed by atoms with E-state index in [1.54, 1.807) is 11.3 Å². The maximum Gasteiger partial charge on any atom is 0.260 e. The van der Waals surface area contributed by atoms with Crippen molar-refractivity contribution in [3.63, 3.8) is 0 Å². The molecule has 0 spiro atoms. The van der Waals surface area contributed by atoms with Crippen molar-refractivity contribution in [2.45, 2.75) is 32.3 Å². The van der Waals surface area contributed by atoms with Crippen LogP contribution >= 0.6 is 11.3 Å². The van der Waals surface area contributed by atoms with Crippen LogP contribution in [-0.2, 0) is 11.2 Å². The van der Waals surface area contributed by atoms with E-state index in [2.05, 4.69) is 31.2 Å². The minimum atomic E-state index is -0.0200. The molecule has 1 aliphatic heterocycles. The monoisotopic (exact) mass is 416 g/mol. The van der Waals surface area contributed by atoms with Crippen LogP contribution in [0.4, 0.5) is 5.13 Å². The standard InChI is InChI=1S/C25H24N2O2S/c1-2-17-9-5-11-22-23(17)26-25(30-22)27(16-21-10-6-14-29-21)24(28)20-13-12-18-7-3-4-8-19(18)15-20/h3-5,7-9,11-13,15,21H,2,6,10,14,16H2,1H3. The first-order valence-corrected chi connectivity index (χ1v) is 11.4. The number of rotatable bonds is 5. The molecular weight excluding hydrogens is 392 g/mol. The predicted molar refractivity (Wildman–Crippen MR) is 124 cm³/mol. The first-order valence-electron chi connectivity index (χ1n) is 10.5. The Kier molecular flexibility index (Phi) is 5.23. The molecule has 4 nitrogen and oxygen atoms in total. The van der Waals surface area contributed by atoms with Crippen molar-refractivity contribution in [1.82, 2.24) is 4.98 Å². The number of thiazole rings is 1. The van der Waals surface area contributed by atoms with Gasteiger partial charge in [0.2, 0.25) is 0 Å². The second-order valence-corrected chi connectivity index (χ2v) is 8.74. The van der Waals surface area contributed by atoms with Gasteiger partial charge in [-0.2, -0.15) is 0 Å². The van der Waals surface area contributed by atoms with Gasteiger partial charge in [-0.15, -0.1) is 0 Å². The summed E-state index contributed by atoms with van der Waals surface area (Å²) in [5.41, 5.74) is 2.90. The summed E-state index contributed by atoms with van der Waals surface area (Å²) in [4.78, 5) is 20.4. The summed E-state index contributed by atoms with van der Waals surface area (Å²) in [5, 5.41) is 2.95. The van der Waals surface area contributed by atoms with Gasteiger partial charge in [-0.05, 0) is 53.8 Å². The highest BCUT2D eigenvalue weighted by Crippen LogP contribution is 2.33. The van der Waals surface area contributed by atoms with Crippen molar-refractivity contribution in [2.24, 2.45) is 0 Å². The number of benzene rings is 3. The lowest BCUT2D eigenvalue weighted by Crippen LogP contribution is -2.37. The Morgan fingerprint density at radius 3 is 2.80 bits per heavy atom. The smallest absolute Gasteiger partial charge is 0.260 e. The van der Waals surface area contributed by atoms with Gasteiger partial charge >= 0.3 is 0 Å². The van der Waals surface area contributed by atoms with Crippen LogP contribution in [0.2, 0.25) is 0 Å². The van der Waals surface area contributed by atoms with Crippen LogP contribution in [0.1, 0.15) is 35.7 Å². The Bertz CT molecular complexity index is 1210. The molecule has 2 heterocycles. The lowest BCUT2D eigenvalue weighted by molar-refractivity contribution is 0.0917. The minimum absolute atomic E-state index is 0.0200. The normalized spacial score (nSPS) is 16.4. The molecule has 152 valence electrons. The van der Waals surface area contributed by atoms with Crippen molar-refractivity contribution in [2.75, 3.05) is 18.1 Å². The Hall–Kier alpha value is -2.76. The van der Waals surface area contributed by atoms with Crippen molar-refractivity contribution in [3.05, 3.63) is 71.8 Å². The maximum absolute atomic E-state index is 13.6. The number of carbonyl (C=O) groups is 1. The number of para-hydroxylation sites is 1. The maximum atomic E-state index is 13.6. The van der Waals surface area contributed by atoms with E-state index in [9.17, 15) is 4.79 Å². The number of aromatic nitrogens is 1. The van der Waals surface area contributed by atoms with E-state index in [0.717, 1.165) is 52.0 Å². The average molecular weight is 417 g/mol. The number of carbonyl (C=O) groups excluding carboxylic acids is 1. The van der Waals surface area contributed by atoms with Crippen LogP contribution in [0.25, 0.3) is 21.0 Å². The second-order valence-electron chi connectivity index (χ2n) is 7.73. The molecule has 3 aromatic carbocycles. The molecule has 1 aliphatic rings. The number of aryl methyl sites for hydroxylation is 1. The fourth-order valence-electron chi connectivity index (χ4n) is 4.11. The van der Waals surface area contributed by atoms with E-state index in [0.29, 0.717) is 12.1 Å². The van der Waals surface area contributed by atoms with Crippen LogP contribution in [0, 0.1) is 0 Å². The van der Waals surface area contributed by atoms with Gasteiger partial charge in [-0.3, -0.25) is 9.69 Å². The summed E-state index contributed by atoms with van der Waals surface area (Å²) in [6.07, 6.45) is 3.01. The minimum Gasteiger partial charge on any atom is -0.376 e. The SMILES string of the molecule is CCc1cccc2sc(N(CC3CCCO3)C(=O)c3ccc4ccccc4c3)nc12. The third kappa shape index (κ3) is 3.59. The van der Waals surface area contributed by atoms with Gasteiger partial charge in [0.25, 0.3) is 5.91 Å². The zero-order valence-corrected chi connectivity index (χ0v) is 17.8. The van der Waals surface area contributed by atoms with Crippen LogP contribution in [0.3, 0.4) is 0 Å². The fraction of sp³-hybridized carbons (Fsp3) is 0.280. The Balaban J connectivity index is 1.56. The van der Waals surface area contributed by atoms with Crippen LogP contribution in [0.15, 0.2) is 60.7 Å². The van der Waals surface area contributed by atoms with Gasteiger partial charge in [-0.25, -0.2) is 4.98 Å². The molecule has 5 heteroatoms. The molecular formula is C25H24N2O2S. The van der Waals surface area contributed by atoms with Gasteiger partial charge in [0.05, 0.1) is 22.9 Å². The number of fused-ring (bicyclic) bond motifs is 2. The average Bonchev–Trinajstić information content (AvgIpc) is 3.46. The third-order valence-electron chi connectivity index (χ3n) is 5.75. The van der Waals surface area contributed by atoms with Gasteiger partial charge in [0, 0.05) is 12.2 Å². The number of amides is 1. The van der Waals surface area contributed by atoms with Gasteiger partial charge in [0.1, 0.15) is 0 Å². The molecule has 0 saturated carbocycles. The molecule has 1 aromatic heterocycles. The topological polar surface area (TPSA) is 42.4 Å². The number of nitrogens with zero attached hydrogens (tertiary/aromatic N) is 2. The molecule has 30 heavy (non-hydrogen) atoms. The van der Waals surface area contributed by atoms with E-state index in [4.69, 9.17) is 9.72 Å². The summed E-state index contributed by atoms with van der Waals surface area (Å²) in [5.74, 6) is -0.0200. The zero-order chi connectivity index (χ0) is 20.5. The third-order valence-corrected chi connectivity index (χ3v) is 6.80. The van der Waals surface area contributed by atoms with Crippen molar-refractivity contribution >= 4 is 43.4 Å². The number of anilines is 1. The van der Waals surface area contributed by atoms with E-state index in [1.165, 1.54) is 5.56 Å². The molecule has 0 radical (unpaired) electrons. The van der Waals surface area contributed by atoms with Gasteiger partial charge in [0.15, 0.2) is 5.13 Å². The highest BCUT2D eigenvalue weighted by molar-refractivity contribution is 7.22. The number of hydrogen-bond acceptors (Lipinski definition) is 4. The molecule has 1 fully saturated rings. The fourth-order valence-corrected chi connectivity index (χ4v) is 5.13. The molecule has 1 atom stereocenters. The lowest BCUT2D eigenvalue weighted by Gasteiger charge is -2.23. The summed E-state index contributed by atoms with van der Waals surface area (Å²) in [6, 6.07) is 20.3. The Morgan fingerprint density at radius 1 is 1.13 bits per heavy atom. The predicted octanol–water partition coefficient (Wildman–Crippen LogP) is 5.84. The van der Waals surface area contributed by atoms with E-state index in [1.807, 2.05) is 41.3 Å². The molecule has 0 aliphatic carbocycles. The van der Waals surface area contributed by atoms with Gasteiger partial charge < -0.3 is 4.74 Å². The van der Waals surface area contributed by atoms with Gasteiger partial charge in [-0.1, -0.05) is 60.7 Å². The van der Waals surface area contributed by atoms with E-state index in [-0.39, 0.29) is 12.0 Å². The molecule has 0 bridgehead atoms. The highest BCUT2D eigenvalue weighted by Gasteiger charge is 2.27. The second kappa shape index (κ2) is 8.17. The summed E-state index contributed by atoms with van der Waals surface area (Å²) in [7, 11) is 0. The summed E-state index contributed by atoms with van der Waals surface area (Å²) >= 11 is 1.58. The Morgan fingerprint density at radius 2 is 2.00 bits per heavy atom. The number of ether oxygens (including phenoxy) is 1.